The number of hydrogen-bond acceptors (Lipinski definition) is 4. The van der Waals surface area contributed by atoms with Crippen molar-refractivity contribution >= 4 is 23.0 Å². The predicted octanol–water partition coefficient (Wildman–Crippen LogP) is 5.39. The predicted molar refractivity (Wildman–Crippen MR) is 107 cm³/mol. The fraction of sp³-hybridized carbons (Fsp3) is 0.348. The second kappa shape index (κ2) is 6.36. The van der Waals surface area contributed by atoms with E-state index in [1.807, 2.05) is 38.1 Å². The van der Waals surface area contributed by atoms with Crippen LogP contribution in [0.1, 0.15) is 29.5 Å². The lowest BCUT2D eigenvalue weighted by Crippen LogP contribution is -2.29. The maximum Gasteiger partial charge on any atom is 0.173 e. The molecule has 1 N–H and O–H groups in total. The minimum atomic E-state index is -0.224. The molecule has 1 aliphatic carbocycles. The highest BCUT2D eigenvalue weighted by Crippen LogP contribution is 2.54. The minimum Gasteiger partial charge on any atom is -0.511 e. The van der Waals surface area contributed by atoms with Gasteiger partial charge in [-0.25, -0.2) is 0 Å². The van der Waals surface area contributed by atoms with Crippen molar-refractivity contribution in [2.75, 3.05) is 0 Å². The molecule has 0 amide bonds. The quantitative estimate of drug-likeness (QED) is 0.755. The summed E-state index contributed by atoms with van der Waals surface area (Å²) < 4.78 is 11.8. The van der Waals surface area contributed by atoms with Crippen LogP contribution in [0.25, 0.3) is 5.57 Å². The molecule has 5 heteroatoms. The maximum atomic E-state index is 13.2. The third-order valence-electron chi connectivity index (χ3n) is 6.20. The SMILES string of the molecule is Cc1cc(Oc2ccc(Cl)cc2)cc(C)c1C1=C(O)[C@H]2[C@@H](C1=O)[C@@H]1CC[C@H]2O1. The number of aryl methyl sites for hydroxylation is 2. The van der Waals surface area contributed by atoms with Crippen LogP contribution in [0.2, 0.25) is 5.02 Å². The number of aliphatic hydroxyl groups is 1. The Bertz CT molecular complexity index is 985. The van der Waals surface area contributed by atoms with Crippen LogP contribution in [0.15, 0.2) is 42.2 Å². The average molecular weight is 397 g/mol. The van der Waals surface area contributed by atoms with Crippen LogP contribution in [0, 0.1) is 25.7 Å². The first-order chi connectivity index (χ1) is 13.4. The van der Waals surface area contributed by atoms with Crippen molar-refractivity contribution in [1.82, 2.24) is 0 Å². The van der Waals surface area contributed by atoms with Gasteiger partial charge in [0.2, 0.25) is 0 Å². The maximum absolute atomic E-state index is 13.2. The molecule has 0 aromatic heterocycles. The average Bonchev–Trinajstić information content (AvgIpc) is 3.33. The Hall–Kier alpha value is -2.30. The summed E-state index contributed by atoms with van der Waals surface area (Å²) in [6, 6.07) is 11.0. The lowest BCUT2D eigenvalue weighted by Gasteiger charge is -2.19. The Morgan fingerprint density at radius 3 is 2.21 bits per heavy atom. The molecule has 2 fully saturated rings. The largest absolute Gasteiger partial charge is 0.511 e. The number of rotatable bonds is 3. The van der Waals surface area contributed by atoms with Crippen LogP contribution in [0.3, 0.4) is 0 Å². The van der Waals surface area contributed by atoms with Crippen molar-refractivity contribution in [3.05, 3.63) is 63.9 Å². The topological polar surface area (TPSA) is 55.8 Å². The van der Waals surface area contributed by atoms with Gasteiger partial charge < -0.3 is 14.6 Å². The van der Waals surface area contributed by atoms with Crippen molar-refractivity contribution < 1.29 is 19.4 Å². The number of Topliss-reactive ketones (excluding diaryl/α,β-unsaturated/α-hetero) is 1. The molecule has 2 aliphatic heterocycles. The van der Waals surface area contributed by atoms with Gasteiger partial charge in [0.15, 0.2) is 5.78 Å². The van der Waals surface area contributed by atoms with Gasteiger partial charge in [-0.3, -0.25) is 4.79 Å². The molecule has 4 atom stereocenters. The molecule has 2 aromatic carbocycles. The first-order valence-corrected chi connectivity index (χ1v) is 9.99. The van der Waals surface area contributed by atoms with Gasteiger partial charge >= 0.3 is 0 Å². The summed E-state index contributed by atoms with van der Waals surface area (Å²) in [5.74, 6) is 1.21. The Morgan fingerprint density at radius 1 is 1.00 bits per heavy atom. The molecule has 28 heavy (non-hydrogen) atoms. The highest BCUT2D eigenvalue weighted by Gasteiger charge is 2.59. The lowest BCUT2D eigenvalue weighted by molar-refractivity contribution is -0.118. The molecule has 0 spiro atoms. The highest BCUT2D eigenvalue weighted by molar-refractivity contribution is 6.30. The molecule has 0 saturated carbocycles. The third-order valence-corrected chi connectivity index (χ3v) is 6.45. The third kappa shape index (κ3) is 2.59. The Kier molecular flexibility index (Phi) is 4.04. The zero-order chi connectivity index (χ0) is 19.6. The first-order valence-electron chi connectivity index (χ1n) is 9.62. The number of halogens is 1. The van der Waals surface area contributed by atoms with E-state index in [-0.39, 0.29) is 35.6 Å². The van der Waals surface area contributed by atoms with E-state index >= 15 is 0 Å². The van der Waals surface area contributed by atoms with E-state index in [0.717, 1.165) is 29.5 Å². The van der Waals surface area contributed by atoms with Crippen molar-refractivity contribution in [1.29, 1.82) is 0 Å². The highest BCUT2D eigenvalue weighted by atomic mass is 35.5. The molecule has 144 valence electrons. The summed E-state index contributed by atoms with van der Waals surface area (Å²) in [6.45, 7) is 3.90. The second-order valence-electron chi connectivity index (χ2n) is 7.95. The van der Waals surface area contributed by atoms with Crippen molar-refractivity contribution in [3.63, 3.8) is 0 Å². The Balaban J connectivity index is 1.51. The van der Waals surface area contributed by atoms with Gasteiger partial charge in [0.1, 0.15) is 17.3 Å². The van der Waals surface area contributed by atoms with Gasteiger partial charge in [-0.2, -0.15) is 0 Å². The smallest absolute Gasteiger partial charge is 0.173 e. The van der Waals surface area contributed by atoms with Crippen LogP contribution in [-0.2, 0) is 9.53 Å². The molecular formula is C23H21ClO4. The lowest BCUT2D eigenvalue weighted by atomic mass is 9.80. The van der Waals surface area contributed by atoms with E-state index < -0.39 is 0 Å². The van der Waals surface area contributed by atoms with Crippen LogP contribution in [0.4, 0.5) is 0 Å². The minimum absolute atomic E-state index is 0.0206. The van der Waals surface area contributed by atoms with Crippen LogP contribution < -0.4 is 4.74 Å². The second-order valence-corrected chi connectivity index (χ2v) is 8.39. The van der Waals surface area contributed by atoms with Gasteiger partial charge in [-0.15, -0.1) is 0 Å². The van der Waals surface area contributed by atoms with Gasteiger partial charge in [-0.05, 0) is 79.8 Å². The van der Waals surface area contributed by atoms with Gasteiger partial charge in [-0.1, -0.05) is 11.6 Å². The molecule has 4 nitrogen and oxygen atoms in total. The molecule has 2 heterocycles. The van der Waals surface area contributed by atoms with E-state index in [1.54, 1.807) is 12.1 Å². The molecule has 2 saturated heterocycles. The number of aliphatic hydroxyl groups excluding tert-OH is 1. The Labute approximate surface area is 168 Å². The fourth-order valence-corrected chi connectivity index (χ4v) is 5.21. The van der Waals surface area contributed by atoms with Crippen molar-refractivity contribution in [3.8, 4) is 11.5 Å². The van der Waals surface area contributed by atoms with E-state index in [2.05, 4.69) is 0 Å². The number of ether oxygens (including phenoxy) is 2. The number of allylic oxidation sites excluding steroid dienone is 1. The molecule has 5 rings (SSSR count). The van der Waals surface area contributed by atoms with E-state index in [0.29, 0.717) is 22.1 Å². The standard InChI is InChI=1S/C23H21ClO4/c1-11-9-15(27-14-5-3-13(24)4-6-14)10-12(2)18(11)21-22(25)19-16-7-8-17(28-16)20(19)23(21)26/h3-6,9-10,16-17,19-20,25H,7-8H2,1-2H3/t16-,17+,19-,20+/m1/s1. The van der Waals surface area contributed by atoms with E-state index in [1.165, 1.54) is 0 Å². The van der Waals surface area contributed by atoms with Crippen molar-refractivity contribution in [2.45, 2.75) is 38.9 Å². The molecule has 0 radical (unpaired) electrons. The van der Waals surface area contributed by atoms with Gasteiger partial charge in [0, 0.05) is 5.02 Å². The number of ketones is 1. The Morgan fingerprint density at radius 2 is 1.61 bits per heavy atom. The molecule has 0 unspecified atom stereocenters. The van der Waals surface area contributed by atoms with Crippen LogP contribution >= 0.6 is 11.6 Å². The molecular weight excluding hydrogens is 376 g/mol. The summed E-state index contributed by atoms with van der Waals surface area (Å²) >= 11 is 5.93. The van der Waals surface area contributed by atoms with Crippen molar-refractivity contribution in [2.24, 2.45) is 11.8 Å². The molecule has 2 aromatic rings. The van der Waals surface area contributed by atoms with E-state index in [9.17, 15) is 9.90 Å². The van der Waals surface area contributed by atoms with Crippen LogP contribution in [0.5, 0.6) is 11.5 Å². The number of hydrogen-bond donors (Lipinski definition) is 1. The van der Waals surface area contributed by atoms with Gasteiger partial charge in [0.25, 0.3) is 0 Å². The summed E-state index contributed by atoms with van der Waals surface area (Å²) in [5, 5.41) is 11.6. The number of carbonyl (C=O) groups excluding carboxylic acids is 1. The zero-order valence-corrected chi connectivity index (χ0v) is 16.5. The summed E-state index contributed by atoms with van der Waals surface area (Å²) in [6.07, 6.45) is 1.76. The first kappa shape index (κ1) is 17.8. The van der Waals surface area contributed by atoms with E-state index in [4.69, 9.17) is 21.1 Å². The fourth-order valence-electron chi connectivity index (χ4n) is 5.08. The number of benzene rings is 2. The normalized spacial score (nSPS) is 28.2. The monoisotopic (exact) mass is 396 g/mol. The summed E-state index contributed by atoms with van der Waals surface area (Å²) in [5.41, 5.74) is 3.11. The summed E-state index contributed by atoms with van der Waals surface area (Å²) in [7, 11) is 0. The zero-order valence-electron chi connectivity index (χ0n) is 15.7. The summed E-state index contributed by atoms with van der Waals surface area (Å²) in [4.78, 5) is 13.2. The van der Waals surface area contributed by atoms with Crippen LogP contribution in [-0.4, -0.2) is 23.1 Å². The molecule has 3 aliphatic rings. The van der Waals surface area contributed by atoms with Gasteiger partial charge in [0.05, 0.1) is 29.6 Å². The number of carbonyl (C=O) groups is 1. The number of fused-ring (bicyclic) bond motifs is 5. The molecule has 2 bridgehead atoms.